The van der Waals surface area contributed by atoms with Crippen LogP contribution < -0.4 is 5.32 Å². The summed E-state index contributed by atoms with van der Waals surface area (Å²) < 4.78 is 0. The highest BCUT2D eigenvalue weighted by molar-refractivity contribution is 7.98. The van der Waals surface area contributed by atoms with Crippen LogP contribution in [-0.4, -0.2) is 5.91 Å². The second-order valence-electron chi connectivity index (χ2n) is 4.10. The summed E-state index contributed by atoms with van der Waals surface area (Å²) in [6, 6.07) is 15.6. The maximum absolute atomic E-state index is 11.1. The molecule has 4 heteroatoms. The first-order valence-corrected chi connectivity index (χ1v) is 7.25. The molecule has 98 valence electrons. The zero-order chi connectivity index (χ0) is 13.7. The first-order valence-electron chi connectivity index (χ1n) is 5.89. The van der Waals surface area contributed by atoms with E-state index >= 15 is 0 Å². The first kappa shape index (κ1) is 14.0. The van der Waals surface area contributed by atoms with Crippen LogP contribution in [0.5, 0.6) is 0 Å². The summed E-state index contributed by atoms with van der Waals surface area (Å²) in [6.07, 6.45) is 0. The lowest BCUT2D eigenvalue weighted by molar-refractivity contribution is -0.114. The van der Waals surface area contributed by atoms with E-state index < -0.39 is 0 Å². The molecule has 0 aliphatic heterocycles. The molecule has 1 N–H and O–H groups in total. The Morgan fingerprint density at radius 2 is 2.00 bits per heavy atom. The zero-order valence-electron chi connectivity index (χ0n) is 10.5. The van der Waals surface area contributed by atoms with Gasteiger partial charge < -0.3 is 5.32 Å². The number of hydrogen-bond donors (Lipinski definition) is 1. The minimum Gasteiger partial charge on any atom is -0.325 e. The van der Waals surface area contributed by atoms with E-state index in [4.69, 9.17) is 11.6 Å². The maximum Gasteiger partial charge on any atom is 0.221 e. The number of anilines is 1. The lowest BCUT2D eigenvalue weighted by Gasteiger charge is -2.09. The van der Waals surface area contributed by atoms with Crippen molar-refractivity contribution in [2.24, 2.45) is 0 Å². The van der Waals surface area contributed by atoms with Crippen LogP contribution in [0.15, 0.2) is 53.4 Å². The lowest BCUT2D eigenvalue weighted by atomic mass is 10.2. The molecule has 0 radical (unpaired) electrons. The molecule has 2 aromatic carbocycles. The van der Waals surface area contributed by atoms with Crippen molar-refractivity contribution in [3.05, 3.63) is 59.1 Å². The molecule has 0 aromatic heterocycles. The predicted octanol–water partition coefficient (Wildman–Crippen LogP) is 4.59. The molecule has 2 aromatic rings. The Bertz CT molecular complexity index is 586. The van der Waals surface area contributed by atoms with Crippen LogP contribution in [0.1, 0.15) is 12.5 Å². The minimum atomic E-state index is -0.0594. The summed E-state index contributed by atoms with van der Waals surface area (Å²) in [5.41, 5.74) is 2.01. The number of amides is 1. The fourth-order valence-electron chi connectivity index (χ4n) is 1.67. The molecule has 19 heavy (non-hydrogen) atoms. The Morgan fingerprint density at radius 1 is 1.21 bits per heavy atom. The molecule has 0 heterocycles. The van der Waals surface area contributed by atoms with Gasteiger partial charge in [0.15, 0.2) is 0 Å². The van der Waals surface area contributed by atoms with Crippen LogP contribution in [0.4, 0.5) is 5.69 Å². The van der Waals surface area contributed by atoms with Gasteiger partial charge in [-0.05, 0) is 29.8 Å². The highest BCUT2D eigenvalue weighted by Gasteiger charge is 2.04. The van der Waals surface area contributed by atoms with Crippen LogP contribution in [-0.2, 0) is 10.5 Å². The Kier molecular flexibility index (Phi) is 4.88. The van der Waals surface area contributed by atoms with E-state index in [-0.39, 0.29) is 5.91 Å². The SMILES string of the molecule is CC(=O)Nc1ccccc1SCc1cccc(Cl)c1. The average Bonchev–Trinajstić information content (AvgIpc) is 2.37. The van der Waals surface area contributed by atoms with E-state index in [1.54, 1.807) is 11.8 Å². The highest BCUT2D eigenvalue weighted by atomic mass is 35.5. The number of nitrogens with one attached hydrogen (secondary N) is 1. The normalized spacial score (nSPS) is 10.2. The van der Waals surface area contributed by atoms with Gasteiger partial charge in [0.25, 0.3) is 0 Å². The monoisotopic (exact) mass is 291 g/mol. The molecule has 0 fully saturated rings. The Labute approximate surface area is 122 Å². The first-order chi connectivity index (χ1) is 9.15. The zero-order valence-corrected chi connectivity index (χ0v) is 12.1. The van der Waals surface area contributed by atoms with E-state index in [0.29, 0.717) is 0 Å². The molecule has 0 aliphatic rings. The van der Waals surface area contributed by atoms with Crippen molar-refractivity contribution in [2.45, 2.75) is 17.6 Å². The number of rotatable bonds is 4. The fraction of sp³-hybridized carbons (Fsp3) is 0.133. The van der Waals surface area contributed by atoms with Crippen molar-refractivity contribution in [3.63, 3.8) is 0 Å². The van der Waals surface area contributed by atoms with E-state index in [9.17, 15) is 4.79 Å². The molecule has 0 unspecified atom stereocenters. The van der Waals surface area contributed by atoms with Crippen molar-refractivity contribution in [1.82, 2.24) is 0 Å². The minimum absolute atomic E-state index is 0.0594. The lowest BCUT2D eigenvalue weighted by Crippen LogP contribution is -2.06. The predicted molar refractivity (Wildman–Crippen MR) is 81.8 cm³/mol. The van der Waals surface area contributed by atoms with Gasteiger partial charge in [-0.2, -0.15) is 0 Å². The Morgan fingerprint density at radius 3 is 2.74 bits per heavy atom. The average molecular weight is 292 g/mol. The molecule has 0 saturated heterocycles. The second kappa shape index (κ2) is 6.64. The topological polar surface area (TPSA) is 29.1 Å². The second-order valence-corrected chi connectivity index (χ2v) is 5.55. The van der Waals surface area contributed by atoms with Crippen LogP contribution in [0, 0.1) is 0 Å². The van der Waals surface area contributed by atoms with Crippen LogP contribution >= 0.6 is 23.4 Å². The van der Waals surface area contributed by atoms with Crippen molar-refractivity contribution < 1.29 is 4.79 Å². The number of halogens is 1. The van der Waals surface area contributed by atoms with Crippen molar-refractivity contribution >= 4 is 35.0 Å². The smallest absolute Gasteiger partial charge is 0.221 e. The summed E-state index contributed by atoms with van der Waals surface area (Å²) in [5, 5.41) is 3.58. The number of thioether (sulfide) groups is 1. The van der Waals surface area contributed by atoms with Gasteiger partial charge in [0.05, 0.1) is 5.69 Å². The summed E-state index contributed by atoms with van der Waals surface area (Å²) in [6.45, 7) is 1.51. The standard InChI is InChI=1S/C15H14ClNOS/c1-11(18)17-14-7-2-3-8-15(14)19-10-12-5-4-6-13(16)9-12/h2-9H,10H2,1H3,(H,17,18). The van der Waals surface area contributed by atoms with Gasteiger partial charge in [0.1, 0.15) is 0 Å². The summed E-state index contributed by atoms with van der Waals surface area (Å²) in [7, 11) is 0. The number of carbonyl (C=O) groups excluding carboxylic acids is 1. The molecular formula is C15H14ClNOS. The molecule has 2 nitrogen and oxygen atoms in total. The maximum atomic E-state index is 11.1. The fourth-order valence-corrected chi connectivity index (χ4v) is 2.84. The van der Waals surface area contributed by atoms with Gasteiger partial charge in [-0.15, -0.1) is 11.8 Å². The van der Waals surface area contributed by atoms with Gasteiger partial charge in [0, 0.05) is 22.6 Å². The van der Waals surface area contributed by atoms with Crippen molar-refractivity contribution in [2.75, 3.05) is 5.32 Å². The van der Waals surface area contributed by atoms with E-state index in [1.165, 1.54) is 6.92 Å². The van der Waals surface area contributed by atoms with Gasteiger partial charge in [-0.25, -0.2) is 0 Å². The summed E-state index contributed by atoms with van der Waals surface area (Å²) in [4.78, 5) is 12.2. The van der Waals surface area contributed by atoms with Gasteiger partial charge in [0.2, 0.25) is 5.91 Å². The van der Waals surface area contributed by atoms with E-state index in [0.717, 1.165) is 26.9 Å². The quantitative estimate of drug-likeness (QED) is 0.835. The van der Waals surface area contributed by atoms with Crippen molar-refractivity contribution in [1.29, 1.82) is 0 Å². The Hall–Kier alpha value is -1.45. The molecule has 0 aliphatic carbocycles. The van der Waals surface area contributed by atoms with Crippen LogP contribution in [0.2, 0.25) is 5.02 Å². The van der Waals surface area contributed by atoms with Crippen LogP contribution in [0.3, 0.4) is 0 Å². The van der Waals surface area contributed by atoms with Crippen molar-refractivity contribution in [3.8, 4) is 0 Å². The van der Waals surface area contributed by atoms with Gasteiger partial charge in [-0.1, -0.05) is 35.9 Å². The van der Waals surface area contributed by atoms with Crippen LogP contribution in [0.25, 0.3) is 0 Å². The third kappa shape index (κ3) is 4.30. The van der Waals surface area contributed by atoms with Gasteiger partial charge in [-0.3, -0.25) is 4.79 Å². The third-order valence-electron chi connectivity index (χ3n) is 2.48. The van der Waals surface area contributed by atoms with Gasteiger partial charge >= 0.3 is 0 Å². The number of carbonyl (C=O) groups is 1. The van der Waals surface area contributed by atoms with E-state index in [2.05, 4.69) is 5.32 Å². The highest BCUT2D eigenvalue weighted by Crippen LogP contribution is 2.30. The largest absolute Gasteiger partial charge is 0.325 e. The molecule has 1 amide bonds. The molecular weight excluding hydrogens is 278 g/mol. The molecule has 2 rings (SSSR count). The third-order valence-corrected chi connectivity index (χ3v) is 3.86. The molecule has 0 saturated carbocycles. The molecule has 0 bridgehead atoms. The van der Waals surface area contributed by atoms with E-state index in [1.807, 2.05) is 48.5 Å². The summed E-state index contributed by atoms with van der Waals surface area (Å²) in [5.74, 6) is 0.757. The molecule has 0 atom stereocenters. The number of benzene rings is 2. The summed E-state index contributed by atoms with van der Waals surface area (Å²) >= 11 is 7.64. The number of hydrogen-bond acceptors (Lipinski definition) is 2. The molecule has 0 spiro atoms. The Balaban J connectivity index is 2.09. The number of para-hydroxylation sites is 1.